The smallest absolute Gasteiger partial charge is 0.241 e. The molecule has 7 heteroatoms. The van der Waals surface area contributed by atoms with Gasteiger partial charge in [0.1, 0.15) is 6.54 Å². The van der Waals surface area contributed by atoms with Crippen LogP contribution in [0.3, 0.4) is 0 Å². The van der Waals surface area contributed by atoms with Gasteiger partial charge >= 0.3 is 0 Å². The Kier molecular flexibility index (Phi) is 9.62. The molecule has 1 unspecified atom stereocenters. The summed E-state index contributed by atoms with van der Waals surface area (Å²) in [5, 5.41) is 9.41. The quantitative estimate of drug-likeness (QED) is 0.345. The van der Waals surface area contributed by atoms with E-state index in [1.807, 2.05) is 13.8 Å². The fraction of sp³-hybridized carbons (Fsp3) is 0.556. The van der Waals surface area contributed by atoms with E-state index in [1.165, 1.54) is 11.3 Å². The van der Waals surface area contributed by atoms with Gasteiger partial charge in [-0.25, -0.2) is 4.99 Å². The number of amides is 1. The molecular formula is C18H30IN5O. The zero-order chi connectivity index (χ0) is 17.4. The molecule has 3 N–H and O–H groups in total. The molecule has 1 saturated heterocycles. The van der Waals surface area contributed by atoms with Gasteiger partial charge in [-0.05, 0) is 39.3 Å². The number of hydrogen-bond donors (Lipinski definition) is 3. The highest BCUT2D eigenvalue weighted by molar-refractivity contribution is 14.0. The van der Waals surface area contributed by atoms with Crippen LogP contribution in [0.5, 0.6) is 0 Å². The molecule has 0 saturated carbocycles. The maximum atomic E-state index is 11.6. The third-order valence-corrected chi connectivity index (χ3v) is 4.03. The third kappa shape index (κ3) is 7.09. The molecule has 1 aliphatic heterocycles. The Labute approximate surface area is 167 Å². The molecule has 1 fully saturated rings. The lowest BCUT2D eigenvalue weighted by Gasteiger charge is -2.20. The Bertz CT molecular complexity index is 561. The lowest BCUT2D eigenvalue weighted by Crippen LogP contribution is -2.45. The van der Waals surface area contributed by atoms with Crippen LogP contribution in [-0.4, -0.2) is 50.6 Å². The molecule has 0 spiro atoms. The highest BCUT2D eigenvalue weighted by atomic mass is 127. The second-order valence-corrected chi connectivity index (χ2v) is 6.06. The van der Waals surface area contributed by atoms with E-state index >= 15 is 0 Å². The number of aryl methyl sites for hydroxylation is 1. The van der Waals surface area contributed by atoms with E-state index < -0.39 is 0 Å². The normalized spacial score (nSPS) is 17.0. The summed E-state index contributed by atoms with van der Waals surface area (Å²) in [5.74, 6) is 0.655. The molecule has 1 heterocycles. The molecule has 2 rings (SSSR count). The van der Waals surface area contributed by atoms with Crippen LogP contribution in [0.2, 0.25) is 0 Å². The number of carbonyl (C=O) groups excluding carboxylic acids is 1. The second kappa shape index (κ2) is 11.2. The van der Waals surface area contributed by atoms with Crippen molar-refractivity contribution in [1.82, 2.24) is 16.0 Å². The number of guanidine groups is 1. The van der Waals surface area contributed by atoms with Crippen molar-refractivity contribution in [3.63, 3.8) is 0 Å². The maximum Gasteiger partial charge on any atom is 0.241 e. The molecular weight excluding hydrogens is 429 g/mol. The van der Waals surface area contributed by atoms with E-state index in [0.29, 0.717) is 18.5 Å². The molecule has 0 aromatic heterocycles. The third-order valence-electron chi connectivity index (χ3n) is 4.03. The highest BCUT2D eigenvalue weighted by Crippen LogP contribution is 2.20. The fourth-order valence-electron chi connectivity index (χ4n) is 2.79. The number of halogens is 1. The van der Waals surface area contributed by atoms with Crippen molar-refractivity contribution < 1.29 is 4.79 Å². The van der Waals surface area contributed by atoms with Crippen LogP contribution in [0.4, 0.5) is 5.69 Å². The summed E-state index contributed by atoms with van der Waals surface area (Å²) in [6.07, 6.45) is 1.06. The standard InChI is InChI=1S/C18H29N5O.HI/c1-4-19-17(24)12-21-18(20-5-2)22-15-10-11-23(13-15)16-8-6-14(3)7-9-16;/h6-9,15H,4-5,10-13H2,1-3H3,(H,19,24)(H2,20,21,22);1H. The Morgan fingerprint density at radius 2 is 1.88 bits per heavy atom. The first-order valence-electron chi connectivity index (χ1n) is 8.75. The number of carbonyl (C=O) groups is 1. The van der Waals surface area contributed by atoms with Crippen molar-refractivity contribution in [2.24, 2.45) is 4.99 Å². The van der Waals surface area contributed by atoms with E-state index in [9.17, 15) is 4.79 Å². The van der Waals surface area contributed by atoms with Crippen LogP contribution < -0.4 is 20.9 Å². The number of nitrogens with zero attached hydrogens (tertiary/aromatic N) is 2. The van der Waals surface area contributed by atoms with Crippen LogP contribution in [-0.2, 0) is 4.79 Å². The average molecular weight is 459 g/mol. The van der Waals surface area contributed by atoms with E-state index in [2.05, 4.69) is 57.0 Å². The second-order valence-electron chi connectivity index (χ2n) is 6.06. The van der Waals surface area contributed by atoms with Gasteiger partial charge in [0.15, 0.2) is 5.96 Å². The molecule has 1 aromatic rings. The SMILES string of the molecule is CCNC(=O)CN=C(NCC)NC1CCN(c2ccc(C)cc2)C1.I. The van der Waals surface area contributed by atoms with E-state index in [-0.39, 0.29) is 36.4 Å². The Hall–Kier alpha value is -1.51. The summed E-state index contributed by atoms with van der Waals surface area (Å²) in [4.78, 5) is 18.3. The monoisotopic (exact) mass is 459 g/mol. The van der Waals surface area contributed by atoms with Gasteiger partial charge in [0.2, 0.25) is 5.91 Å². The van der Waals surface area contributed by atoms with Crippen LogP contribution >= 0.6 is 24.0 Å². The summed E-state index contributed by atoms with van der Waals surface area (Å²) in [7, 11) is 0. The molecule has 6 nitrogen and oxygen atoms in total. The van der Waals surface area contributed by atoms with Crippen molar-refractivity contribution in [2.75, 3.05) is 37.6 Å². The minimum Gasteiger partial charge on any atom is -0.369 e. The first-order valence-corrected chi connectivity index (χ1v) is 8.75. The first-order chi connectivity index (χ1) is 11.6. The summed E-state index contributed by atoms with van der Waals surface area (Å²) >= 11 is 0. The molecule has 1 amide bonds. The van der Waals surface area contributed by atoms with Crippen LogP contribution in [0, 0.1) is 6.92 Å². The van der Waals surface area contributed by atoms with Crippen LogP contribution in [0.15, 0.2) is 29.3 Å². The van der Waals surface area contributed by atoms with Crippen molar-refractivity contribution in [1.29, 1.82) is 0 Å². The molecule has 1 aliphatic rings. The van der Waals surface area contributed by atoms with Crippen molar-refractivity contribution >= 4 is 41.5 Å². The Balaban J connectivity index is 0.00000312. The number of likely N-dealkylation sites (N-methyl/N-ethyl adjacent to an activating group) is 1. The average Bonchev–Trinajstić information content (AvgIpc) is 3.02. The van der Waals surface area contributed by atoms with Gasteiger partial charge < -0.3 is 20.9 Å². The lowest BCUT2D eigenvalue weighted by atomic mass is 10.2. The summed E-state index contributed by atoms with van der Waals surface area (Å²) in [6.45, 7) is 9.55. The molecule has 1 atom stereocenters. The fourth-order valence-corrected chi connectivity index (χ4v) is 2.79. The minimum absolute atomic E-state index is 0. The lowest BCUT2D eigenvalue weighted by molar-refractivity contribution is -0.119. The number of anilines is 1. The van der Waals surface area contributed by atoms with Gasteiger partial charge in [-0.2, -0.15) is 0 Å². The van der Waals surface area contributed by atoms with Crippen molar-refractivity contribution in [2.45, 2.75) is 33.2 Å². The van der Waals surface area contributed by atoms with Crippen molar-refractivity contribution in [3.8, 4) is 0 Å². The molecule has 1 aromatic carbocycles. The number of rotatable bonds is 6. The topological polar surface area (TPSA) is 68.8 Å². The number of aliphatic imine (C=N–C) groups is 1. The van der Waals surface area contributed by atoms with Gasteiger partial charge in [-0.15, -0.1) is 24.0 Å². The maximum absolute atomic E-state index is 11.6. The summed E-state index contributed by atoms with van der Waals surface area (Å²) in [6, 6.07) is 8.97. The molecule has 0 radical (unpaired) electrons. The van der Waals surface area contributed by atoms with E-state index in [1.54, 1.807) is 0 Å². The molecule has 0 aliphatic carbocycles. The number of hydrogen-bond acceptors (Lipinski definition) is 3. The van der Waals surface area contributed by atoms with Gasteiger partial charge in [0.25, 0.3) is 0 Å². The first kappa shape index (κ1) is 21.5. The van der Waals surface area contributed by atoms with Crippen molar-refractivity contribution in [3.05, 3.63) is 29.8 Å². The largest absolute Gasteiger partial charge is 0.369 e. The highest BCUT2D eigenvalue weighted by Gasteiger charge is 2.23. The zero-order valence-electron chi connectivity index (χ0n) is 15.3. The predicted octanol–water partition coefficient (Wildman–Crippen LogP) is 1.88. The molecule has 0 bridgehead atoms. The van der Waals surface area contributed by atoms with Crippen LogP contribution in [0.1, 0.15) is 25.8 Å². The minimum atomic E-state index is -0.0533. The summed E-state index contributed by atoms with van der Waals surface area (Å²) in [5.41, 5.74) is 2.54. The van der Waals surface area contributed by atoms with Gasteiger partial charge in [-0.3, -0.25) is 4.79 Å². The Morgan fingerprint density at radius 3 is 2.52 bits per heavy atom. The Morgan fingerprint density at radius 1 is 1.20 bits per heavy atom. The van der Waals surface area contributed by atoms with Gasteiger partial charge in [-0.1, -0.05) is 17.7 Å². The zero-order valence-corrected chi connectivity index (χ0v) is 17.7. The number of nitrogens with one attached hydrogen (secondary N) is 3. The van der Waals surface area contributed by atoms with E-state index in [0.717, 1.165) is 26.1 Å². The predicted molar refractivity (Wildman–Crippen MR) is 115 cm³/mol. The van der Waals surface area contributed by atoms with Gasteiger partial charge in [0, 0.05) is 37.9 Å². The van der Waals surface area contributed by atoms with Gasteiger partial charge in [0.05, 0.1) is 0 Å². The molecule has 140 valence electrons. The van der Waals surface area contributed by atoms with E-state index in [4.69, 9.17) is 0 Å². The van der Waals surface area contributed by atoms with Crippen LogP contribution in [0.25, 0.3) is 0 Å². The summed E-state index contributed by atoms with van der Waals surface area (Å²) < 4.78 is 0. The number of benzene rings is 1. The molecule has 25 heavy (non-hydrogen) atoms.